The number of imidazole rings is 1. The molecule has 0 atom stereocenters. The molecule has 5 rings (SSSR count). The lowest BCUT2D eigenvalue weighted by molar-refractivity contribution is 0.0557. The predicted molar refractivity (Wildman–Crippen MR) is 113 cm³/mol. The van der Waals surface area contributed by atoms with Crippen LogP contribution in [0.5, 0.6) is 0 Å². The standard InChI is InChI=1S/C22H25FN6O2/c23-16-1-2-20-19(11-16)26-22(31)29(20)18-5-7-27(8-6-18)17-3-9-28(10-4-17)21(30)15-12-24-14-25-13-15/h1-2,11-14,17-18H,3-10H2,(H,26,31). The first kappa shape index (κ1) is 19.9. The molecule has 0 saturated carbocycles. The summed E-state index contributed by atoms with van der Waals surface area (Å²) in [6.07, 6.45) is 8.19. The number of benzene rings is 1. The fourth-order valence-corrected chi connectivity index (χ4v) is 5.00. The van der Waals surface area contributed by atoms with Crippen LogP contribution in [0.4, 0.5) is 4.39 Å². The van der Waals surface area contributed by atoms with Crippen molar-refractivity contribution in [2.75, 3.05) is 26.2 Å². The zero-order valence-corrected chi connectivity index (χ0v) is 17.2. The van der Waals surface area contributed by atoms with E-state index >= 15 is 0 Å². The number of likely N-dealkylation sites (tertiary alicyclic amines) is 2. The summed E-state index contributed by atoms with van der Waals surface area (Å²) in [7, 11) is 0. The van der Waals surface area contributed by atoms with Crippen molar-refractivity contribution in [3.8, 4) is 0 Å². The fraction of sp³-hybridized carbons (Fsp3) is 0.455. The number of carbonyl (C=O) groups is 1. The average molecular weight is 424 g/mol. The van der Waals surface area contributed by atoms with Crippen LogP contribution in [0.1, 0.15) is 42.1 Å². The molecule has 2 aliphatic heterocycles. The summed E-state index contributed by atoms with van der Waals surface area (Å²) >= 11 is 0. The number of aromatic amines is 1. The Bertz CT molecular complexity index is 1130. The molecule has 0 spiro atoms. The highest BCUT2D eigenvalue weighted by molar-refractivity contribution is 5.93. The Morgan fingerprint density at radius 2 is 1.68 bits per heavy atom. The Kier molecular flexibility index (Phi) is 5.27. The molecule has 9 heteroatoms. The Labute approximate surface area is 178 Å². The molecule has 3 aromatic rings. The van der Waals surface area contributed by atoms with E-state index in [9.17, 15) is 14.0 Å². The van der Waals surface area contributed by atoms with Gasteiger partial charge in [0, 0.05) is 50.7 Å². The Balaban J connectivity index is 1.19. The first-order valence-electron chi connectivity index (χ1n) is 10.8. The third-order valence-corrected chi connectivity index (χ3v) is 6.62. The first-order chi connectivity index (χ1) is 15.1. The topological polar surface area (TPSA) is 87.1 Å². The summed E-state index contributed by atoms with van der Waals surface area (Å²) < 4.78 is 15.3. The van der Waals surface area contributed by atoms with E-state index in [2.05, 4.69) is 19.9 Å². The fourth-order valence-electron chi connectivity index (χ4n) is 5.00. The minimum atomic E-state index is -0.347. The van der Waals surface area contributed by atoms with Crippen molar-refractivity contribution in [1.29, 1.82) is 0 Å². The predicted octanol–water partition coefficient (Wildman–Crippen LogP) is 2.20. The lowest BCUT2D eigenvalue weighted by Crippen LogP contribution is -2.49. The summed E-state index contributed by atoms with van der Waals surface area (Å²) in [5.74, 6) is -0.353. The largest absolute Gasteiger partial charge is 0.338 e. The van der Waals surface area contributed by atoms with Gasteiger partial charge in [-0.2, -0.15) is 0 Å². The molecule has 4 heterocycles. The highest BCUT2D eigenvalue weighted by atomic mass is 19.1. The van der Waals surface area contributed by atoms with Gasteiger partial charge in [-0.05, 0) is 43.9 Å². The van der Waals surface area contributed by atoms with Crippen LogP contribution in [0.3, 0.4) is 0 Å². The molecule has 1 N–H and O–H groups in total. The monoisotopic (exact) mass is 424 g/mol. The van der Waals surface area contributed by atoms with Gasteiger partial charge in [-0.15, -0.1) is 0 Å². The van der Waals surface area contributed by atoms with Crippen molar-refractivity contribution in [2.45, 2.75) is 37.8 Å². The van der Waals surface area contributed by atoms with Crippen molar-refractivity contribution in [3.05, 3.63) is 58.8 Å². The summed E-state index contributed by atoms with van der Waals surface area (Å²) in [5, 5.41) is 0. The number of H-pyrrole nitrogens is 1. The van der Waals surface area contributed by atoms with Crippen molar-refractivity contribution in [3.63, 3.8) is 0 Å². The summed E-state index contributed by atoms with van der Waals surface area (Å²) in [4.78, 5) is 40.1. The van der Waals surface area contributed by atoms with Crippen molar-refractivity contribution < 1.29 is 9.18 Å². The maximum Gasteiger partial charge on any atom is 0.326 e. The third-order valence-electron chi connectivity index (χ3n) is 6.62. The van der Waals surface area contributed by atoms with Crippen LogP contribution in [0.2, 0.25) is 0 Å². The van der Waals surface area contributed by atoms with Gasteiger partial charge in [0.1, 0.15) is 12.1 Å². The summed E-state index contributed by atoms with van der Waals surface area (Å²) in [6.45, 7) is 3.28. The number of aromatic nitrogens is 4. The minimum absolute atomic E-state index is 0.00657. The van der Waals surface area contributed by atoms with Gasteiger partial charge < -0.3 is 14.8 Å². The molecule has 1 aromatic carbocycles. The number of halogens is 1. The van der Waals surface area contributed by atoms with Crippen LogP contribution in [-0.2, 0) is 0 Å². The molecule has 162 valence electrons. The molecular weight excluding hydrogens is 399 g/mol. The van der Waals surface area contributed by atoms with E-state index in [1.165, 1.54) is 18.5 Å². The van der Waals surface area contributed by atoms with Gasteiger partial charge >= 0.3 is 5.69 Å². The van der Waals surface area contributed by atoms with Crippen LogP contribution in [0.25, 0.3) is 11.0 Å². The molecule has 0 radical (unpaired) electrons. The molecule has 0 aliphatic carbocycles. The highest BCUT2D eigenvalue weighted by Crippen LogP contribution is 2.28. The van der Waals surface area contributed by atoms with Crippen LogP contribution >= 0.6 is 0 Å². The molecular formula is C22H25FN6O2. The van der Waals surface area contributed by atoms with Crippen molar-refractivity contribution in [1.82, 2.24) is 29.3 Å². The second kappa shape index (κ2) is 8.22. The summed E-state index contributed by atoms with van der Waals surface area (Å²) in [5.41, 5.74) is 1.68. The number of fused-ring (bicyclic) bond motifs is 1. The van der Waals surface area contributed by atoms with E-state index in [1.807, 2.05) is 4.90 Å². The molecule has 0 unspecified atom stereocenters. The average Bonchev–Trinajstić information content (AvgIpc) is 3.14. The summed E-state index contributed by atoms with van der Waals surface area (Å²) in [6, 6.07) is 5.02. The van der Waals surface area contributed by atoms with E-state index < -0.39 is 0 Å². The molecule has 1 amide bonds. The maximum absolute atomic E-state index is 13.5. The molecule has 0 bridgehead atoms. The number of amides is 1. The highest BCUT2D eigenvalue weighted by Gasteiger charge is 2.31. The number of piperidine rings is 2. The molecule has 8 nitrogen and oxygen atoms in total. The van der Waals surface area contributed by atoms with Crippen molar-refractivity contribution in [2.24, 2.45) is 0 Å². The minimum Gasteiger partial charge on any atom is -0.338 e. The normalized spacial score (nSPS) is 19.2. The van der Waals surface area contributed by atoms with Gasteiger partial charge in [0.25, 0.3) is 5.91 Å². The van der Waals surface area contributed by atoms with Crippen molar-refractivity contribution >= 4 is 16.9 Å². The molecule has 2 aromatic heterocycles. The molecule has 2 saturated heterocycles. The molecule has 2 fully saturated rings. The number of hydrogen-bond acceptors (Lipinski definition) is 5. The zero-order valence-electron chi connectivity index (χ0n) is 17.2. The van der Waals surface area contributed by atoms with Gasteiger partial charge in [-0.3, -0.25) is 9.36 Å². The van der Waals surface area contributed by atoms with Crippen LogP contribution in [0.15, 0.2) is 41.7 Å². The van der Waals surface area contributed by atoms with Gasteiger partial charge in [0.05, 0.1) is 16.6 Å². The lowest BCUT2D eigenvalue weighted by Gasteiger charge is -2.42. The number of nitrogens with zero attached hydrogens (tertiary/aromatic N) is 5. The Morgan fingerprint density at radius 3 is 2.39 bits per heavy atom. The zero-order chi connectivity index (χ0) is 21.4. The number of rotatable bonds is 3. The molecule has 31 heavy (non-hydrogen) atoms. The second-order valence-electron chi connectivity index (χ2n) is 8.38. The maximum atomic E-state index is 13.5. The van der Waals surface area contributed by atoms with E-state index in [-0.39, 0.29) is 23.5 Å². The molecule has 2 aliphatic rings. The van der Waals surface area contributed by atoms with E-state index in [0.717, 1.165) is 57.4 Å². The van der Waals surface area contributed by atoms with E-state index in [4.69, 9.17) is 0 Å². The number of hydrogen-bond donors (Lipinski definition) is 1. The Morgan fingerprint density at radius 1 is 1.00 bits per heavy atom. The van der Waals surface area contributed by atoms with Gasteiger partial charge in [-0.25, -0.2) is 19.2 Å². The smallest absolute Gasteiger partial charge is 0.326 e. The first-order valence-corrected chi connectivity index (χ1v) is 10.8. The van der Waals surface area contributed by atoms with Gasteiger partial charge in [0.15, 0.2) is 0 Å². The quantitative estimate of drug-likeness (QED) is 0.697. The number of carbonyl (C=O) groups excluding carboxylic acids is 1. The Hall–Kier alpha value is -3.07. The second-order valence-corrected chi connectivity index (χ2v) is 8.38. The van der Waals surface area contributed by atoms with Crippen LogP contribution in [-0.4, -0.2) is 67.4 Å². The van der Waals surface area contributed by atoms with Gasteiger partial charge in [-0.1, -0.05) is 0 Å². The van der Waals surface area contributed by atoms with E-state index in [0.29, 0.717) is 17.1 Å². The van der Waals surface area contributed by atoms with Crippen LogP contribution < -0.4 is 5.69 Å². The van der Waals surface area contributed by atoms with E-state index in [1.54, 1.807) is 23.0 Å². The third kappa shape index (κ3) is 3.85. The van der Waals surface area contributed by atoms with Gasteiger partial charge in [0.2, 0.25) is 0 Å². The SMILES string of the molecule is O=C(c1cncnc1)N1CCC(N2CCC(n3c(=O)[nH]c4cc(F)ccc43)CC2)CC1. The number of nitrogens with one attached hydrogen (secondary N) is 1. The lowest BCUT2D eigenvalue weighted by atomic mass is 9.97. The van der Waals surface area contributed by atoms with Crippen LogP contribution in [0, 0.1) is 5.82 Å².